The Bertz CT molecular complexity index is 5300. The lowest BCUT2D eigenvalue weighted by molar-refractivity contribution is 1.50. The van der Waals surface area contributed by atoms with E-state index in [-0.39, 0.29) is 0 Å². The minimum Gasteiger partial charge on any atom is -0.0683 e. The maximum absolute atomic E-state index is 2.55. The summed E-state index contributed by atoms with van der Waals surface area (Å²) in [4.78, 5) is 0. The van der Waals surface area contributed by atoms with E-state index < -0.39 is 0 Å². The molecule has 0 heterocycles. The zero-order valence-corrected chi connectivity index (χ0v) is 47.7. The third-order valence-corrected chi connectivity index (χ3v) is 19.1. The summed E-state index contributed by atoms with van der Waals surface area (Å²) in [6, 6.07) is 110. The van der Waals surface area contributed by atoms with Crippen LogP contribution in [0.5, 0.6) is 0 Å². The molecule has 17 aromatic rings. The highest BCUT2D eigenvalue weighted by Crippen LogP contribution is 2.59. The first-order valence-electron chi connectivity index (χ1n) is 30.4. The molecule has 0 unspecified atom stereocenters. The van der Waals surface area contributed by atoms with E-state index in [0.29, 0.717) is 0 Å². The van der Waals surface area contributed by atoms with Gasteiger partial charge in [-0.25, -0.2) is 0 Å². The van der Waals surface area contributed by atoms with Gasteiger partial charge in [0, 0.05) is 0 Å². The molecule has 2 aliphatic rings. The van der Waals surface area contributed by atoms with Crippen molar-refractivity contribution in [1.29, 1.82) is 0 Å². The van der Waals surface area contributed by atoms with E-state index in [1.165, 1.54) is 197 Å². The van der Waals surface area contributed by atoms with Crippen molar-refractivity contribution in [2.75, 3.05) is 0 Å². The summed E-state index contributed by atoms with van der Waals surface area (Å²) in [6.07, 6.45) is 0. The van der Waals surface area contributed by atoms with E-state index in [0.717, 1.165) is 0 Å². The molecule has 2 aliphatic carbocycles. The molecule has 0 aliphatic heterocycles. The van der Waals surface area contributed by atoms with Gasteiger partial charge >= 0.3 is 0 Å². The molecule has 0 nitrogen and oxygen atoms in total. The second-order valence-electron chi connectivity index (χ2n) is 23.2. The predicted octanol–water partition coefficient (Wildman–Crippen LogP) is 24.7. The molecule has 0 amide bonds. The SMILES string of the molecule is CC.c1ccc(-c2ccccc2-c2c3ccccc3c(-c3ccccc3)c3cc4c(cc23)-c2ccc3c5ccc6c7c(ccc(c8ccc-4c2c83)c75)-c2cc3c(-c4ccccc4-c4ccccc4)c4ccccc4c(-c4ccccc4)c3cc2-6)cc1. The minimum absolute atomic E-state index is 1.22. The van der Waals surface area contributed by atoms with E-state index in [2.05, 4.69) is 291 Å². The Morgan fingerprint density at radius 2 is 0.384 bits per heavy atom. The van der Waals surface area contributed by atoms with Crippen LogP contribution in [-0.2, 0) is 0 Å². The molecule has 0 fully saturated rings. The Balaban J connectivity index is 0.00000277. The smallest absolute Gasteiger partial charge is 0.00139 e. The van der Waals surface area contributed by atoms with Crippen LogP contribution in [0.25, 0.3) is 197 Å². The van der Waals surface area contributed by atoms with E-state index in [1.54, 1.807) is 0 Å². The first-order chi connectivity index (χ1) is 42.7. The van der Waals surface area contributed by atoms with Gasteiger partial charge in [0.1, 0.15) is 0 Å². The Morgan fingerprint density at radius 1 is 0.140 bits per heavy atom. The average Bonchev–Trinajstić information content (AvgIpc) is 1.48. The van der Waals surface area contributed by atoms with Crippen molar-refractivity contribution in [3.8, 4) is 111 Å². The lowest BCUT2D eigenvalue weighted by Crippen LogP contribution is -1.93. The van der Waals surface area contributed by atoms with Crippen LogP contribution in [0.2, 0.25) is 0 Å². The summed E-state index contributed by atoms with van der Waals surface area (Å²) in [6.45, 7) is 4.00. The van der Waals surface area contributed by atoms with E-state index in [1.807, 2.05) is 13.8 Å². The Hall–Kier alpha value is -10.9. The van der Waals surface area contributed by atoms with E-state index >= 15 is 0 Å². The summed E-state index contributed by atoms with van der Waals surface area (Å²) < 4.78 is 0. The second-order valence-corrected chi connectivity index (χ2v) is 23.2. The van der Waals surface area contributed by atoms with Crippen molar-refractivity contribution in [3.05, 3.63) is 291 Å². The molecule has 398 valence electrons. The topological polar surface area (TPSA) is 0 Å². The monoisotopic (exact) mass is 1090 g/mol. The summed E-state index contributed by atoms with van der Waals surface area (Å²) in [5.74, 6) is 0. The average molecular weight is 1090 g/mol. The van der Waals surface area contributed by atoms with Gasteiger partial charge in [-0.15, -0.1) is 0 Å². The highest BCUT2D eigenvalue weighted by Gasteiger charge is 2.32. The quantitative estimate of drug-likeness (QED) is 0.115. The van der Waals surface area contributed by atoms with Crippen LogP contribution in [0.4, 0.5) is 0 Å². The van der Waals surface area contributed by atoms with Crippen LogP contribution in [0.15, 0.2) is 291 Å². The number of benzene rings is 17. The number of hydrogen-bond donors (Lipinski definition) is 0. The van der Waals surface area contributed by atoms with Crippen LogP contribution >= 0.6 is 0 Å². The van der Waals surface area contributed by atoms with Gasteiger partial charge in [-0.3, -0.25) is 0 Å². The molecule has 0 spiro atoms. The Kier molecular flexibility index (Phi) is 10.6. The third kappa shape index (κ3) is 6.76. The fraction of sp³-hybridized carbons (Fsp3) is 0.0233. The first kappa shape index (κ1) is 48.6. The molecule has 0 aromatic heterocycles. The van der Waals surface area contributed by atoms with Crippen molar-refractivity contribution >= 4 is 86.2 Å². The number of rotatable bonds is 6. The molecular weight excluding hydrogens is 1030 g/mol. The van der Waals surface area contributed by atoms with Gasteiger partial charge in [0.2, 0.25) is 0 Å². The summed E-state index contributed by atoms with van der Waals surface area (Å²) in [5.41, 5.74) is 25.4. The Labute approximate surface area is 499 Å². The molecule has 0 radical (unpaired) electrons. The maximum Gasteiger partial charge on any atom is -0.00139 e. The van der Waals surface area contributed by atoms with Crippen molar-refractivity contribution in [1.82, 2.24) is 0 Å². The van der Waals surface area contributed by atoms with E-state index in [9.17, 15) is 0 Å². The van der Waals surface area contributed by atoms with Gasteiger partial charge in [0.25, 0.3) is 0 Å². The van der Waals surface area contributed by atoms with Gasteiger partial charge in [-0.2, -0.15) is 0 Å². The predicted molar refractivity (Wildman–Crippen MR) is 371 cm³/mol. The van der Waals surface area contributed by atoms with Gasteiger partial charge in [-0.05, 0) is 222 Å². The second kappa shape index (κ2) is 18.8. The zero-order valence-electron chi connectivity index (χ0n) is 47.7. The van der Waals surface area contributed by atoms with Crippen molar-refractivity contribution in [3.63, 3.8) is 0 Å². The molecule has 17 aromatic carbocycles. The van der Waals surface area contributed by atoms with Crippen molar-refractivity contribution in [2.45, 2.75) is 13.8 Å². The highest BCUT2D eigenvalue weighted by molar-refractivity contribution is 6.41. The molecular formula is C86H54. The lowest BCUT2D eigenvalue weighted by Gasteiger charge is -2.21. The molecule has 19 rings (SSSR count). The molecule has 0 heteroatoms. The molecule has 0 saturated carbocycles. The maximum atomic E-state index is 2.55. The zero-order chi connectivity index (χ0) is 56.7. The summed E-state index contributed by atoms with van der Waals surface area (Å²) in [5, 5.41) is 20.8. The molecule has 0 atom stereocenters. The third-order valence-electron chi connectivity index (χ3n) is 19.1. The van der Waals surface area contributed by atoms with E-state index in [4.69, 9.17) is 0 Å². The van der Waals surface area contributed by atoms with Gasteiger partial charge < -0.3 is 0 Å². The highest BCUT2D eigenvalue weighted by atomic mass is 14.3. The van der Waals surface area contributed by atoms with Crippen molar-refractivity contribution < 1.29 is 0 Å². The van der Waals surface area contributed by atoms with Crippen LogP contribution in [0, 0.1) is 0 Å². The van der Waals surface area contributed by atoms with Gasteiger partial charge in [0.05, 0.1) is 0 Å². The minimum atomic E-state index is 1.22. The fourth-order valence-corrected chi connectivity index (χ4v) is 15.7. The Morgan fingerprint density at radius 3 is 0.698 bits per heavy atom. The summed E-state index contributed by atoms with van der Waals surface area (Å²) >= 11 is 0. The molecule has 86 heavy (non-hydrogen) atoms. The van der Waals surface area contributed by atoms with Gasteiger partial charge in [-0.1, -0.05) is 281 Å². The number of hydrogen-bond acceptors (Lipinski definition) is 0. The normalized spacial score (nSPS) is 12.1. The molecule has 0 bridgehead atoms. The van der Waals surface area contributed by atoms with Crippen LogP contribution in [0.1, 0.15) is 13.8 Å². The first-order valence-corrected chi connectivity index (χ1v) is 30.4. The fourth-order valence-electron chi connectivity index (χ4n) is 15.7. The summed E-state index contributed by atoms with van der Waals surface area (Å²) in [7, 11) is 0. The largest absolute Gasteiger partial charge is 0.0683 e. The standard InChI is InChI=1S/C84H48.C2H6/c1-5-21-49(22-6-1)53-29-13-15-31-55(53)79-59-35-19-17-33-57(59)77(51-25-9-3-10-26-51)73-45-69-65-41-37-61-64-40-44-68-72-48-76-74(46-70(72)66-42-38-62(82(64)84(66)68)63-39-43-67(83(65)81(61)63)71(69)47-75(73)79)78(52-27-11-4-12-28-52)58-34-18-20-36-60(58)80(76)56-32-16-14-30-54(56)50-23-7-2-8-24-50;1-2/h1-48H;1-2H3. The molecule has 0 saturated heterocycles. The van der Waals surface area contributed by atoms with Crippen LogP contribution in [-0.4, -0.2) is 0 Å². The van der Waals surface area contributed by atoms with Gasteiger partial charge in [0.15, 0.2) is 0 Å². The van der Waals surface area contributed by atoms with Crippen molar-refractivity contribution in [2.24, 2.45) is 0 Å². The van der Waals surface area contributed by atoms with Crippen LogP contribution in [0.3, 0.4) is 0 Å². The number of fused-ring (bicyclic) bond motifs is 12. The molecule has 0 N–H and O–H groups in total. The van der Waals surface area contributed by atoms with Crippen LogP contribution < -0.4 is 0 Å². The lowest BCUT2D eigenvalue weighted by atomic mass is 9.82.